The van der Waals surface area contributed by atoms with Crippen molar-refractivity contribution in [3.8, 4) is 0 Å². The lowest BCUT2D eigenvalue weighted by Crippen LogP contribution is -2.29. The van der Waals surface area contributed by atoms with Crippen LogP contribution < -0.4 is 5.48 Å². The molecule has 0 aliphatic heterocycles. The maximum Gasteiger partial charge on any atom is 0.267 e. The third kappa shape index (κ3) is 6.92. The molecule has 0 atom stereocenters. The summed E-state index contributed by atoms with van der Waals surface area (Å²) in [6.07, 6.45) is 3.78. The highest BCUT2D eigenvalue weighted by molar-refractivity contribution is 7.91. The van der Waals surface area contributed by atoms with Gasteiger partial charge in [0.15, 0.2) is 9.84 Å². The first-order valence-corrected chi connectivity index (χ1v) is 10.8. The molecule has 0 heterocycles. The molecule has 0 unspecified atom stereocenters. The summed E-state index contributed by atoms with van der Waals surface area (Å²) in [4.78, 5) is 13.5. The number of sulfone groups is 1. The molecule has 0 saturated heterocycles. The number of hydrogen-bond acceptors (Lipinski definition) is 5. The van der Waals surface area contributed by atoms with Crippen molar-refractivity contribution in [2.75, 3.05) is 18.8 Å². The van der Waals surface area contributed by atoms with E-state index >= 15 is 0 Å². The van der Waals surface area contributed by atoms with Crippen molar-refractivity contribution >= 4 is 21.8 Å². The van der Waals surface area contributed by atoms with Crippen LogP contribution in [0.2, 0.25) is 0 Å². The van der Waals surface area contributed by atoms with Crippen LogP contribution in [-0.2, 0) is 21.2 Å². The molecular formula is C21H26N2O4S. The quantitative estimate of drug-likeness (QED) is 0.363. The highest BCUT2D eigenvalue weighted by Crippen LogP contribution is 2.13. The van der Waals surface area contributed by atoms with Gasteiger partial charge in [0, 0.05) is 19.2 Å². The molecule has 0 radical (unpaired) electrons. The van der Waals surface area contributed by atoms with E-state index in [4.69, 9.17) is 5.21 Å². The molecule has 0 aliphatic carbocycles. The predicted octanol–water partition coefficient (Wildman–Crippen LogP) is 2.89. The van der Waals surface area contributed by atoms with Gasteiger partial charge in [0.25, 0.3) is 5.91 Å². The standard InChI is InChI=1S/C21H26N2O4S/c1-2-14-23(15-16-28(26,27)20-6-4-3-5-7-20)17-19-10-8-18(9-11-19)12-13-21(24)22-25/h3-13,25H,2,14-17H2,1H3,(H,22,24)/b13-12+. The molecule has 0 fully saturated rings. The van der Waals surface area contributed by atoms with Crippen molar-refractivity contribution in [3.63, 3.8) is 0 Å². The fourth-order valence-corrected chi connectivity index (χ4v) is 4.09. The minimum atomic E-state index is -3.30. The predicted molar refractivity (Wildman–Crippen MR) is 109 cm³/mol. The van der Waals surface area contributed by atoms with Crippen LogP contribution in [-0.4, -0.2) is 43.3 Å². The maximum absolute atomic E-state index is 12.5. The van der Waals surface area contributed by atoms with Gasteiger partial charge in [-0.3, -0.25) is 14.9 Å². The Kier molecular flexibility index (Phi) is 8.38. The number of nitrogens with zero attached hydrogens (tertiary/aromatic N) is 1. The summed E-state index contributed by atoms with van der Waals surface area (Å²) in [6.45, 7) is 3.99. The molecule has 7 heteroatoms. The number of carbonyl (C=O) groups excluding carboxylic acids is 1. The Balaban J connectivity index is 1.98. The Bertz CT molecular complexity index is 878. The lowest BCUT2D eigenvalue weighted by atomic mass is 10.1. The number of benzene rings is 2. The number of nitrogens with one attached hydrogen (secondary N) is 1. The normalized spacial score (nSPS) is 11.8. The minimum absolute atomic E-state index is 0.0775. The summed E-state index contributed by atoms with van der Waals surface area (Å²) < 4.78 is 25.0. The smallest absolute Gasteiger partial charge is 0.267 e. The maximum atomic E-state index is 12.5. The van der Waals surface area contributed by atoms with E-state index in [1.807, 2.05) is 24.3 Å². The van der Waals surface area contributed by atoms with Crippen LogP contribution in [0.3, 0.4) is 0 Å². The summed E-state index contributed by atoms with van der Waals surface area (Å²) in [7, 11) is -3.30. The van der Waals surface area contributed by atoms with Gasteiger partial charge in [-0.2, -0.15) is 0 Å². The minimum Gasteiger partial charge on any atom is -0.298 e. The first kappa shape index (κ1) is 21.8. The van der Waals surface area contributed by atoms with Crippen molar-refractivity contribution in [2.24, 2.45) is 0 Å². The second-order valence-corrected chi connectivity index (χ2v) is 8.57. The Morgan fingerprint density at radius 3 is 2.36 bits per heavy atom. The van der Waals surface area contributed by atoms with Gasteiger partial charge in [-0.15, -0.1) is 0 Å². The van der Waals surface area contributed by atoms with Crippen molar-refractivity contribution in [3.05, 3.63) is 71.8 Å². The third-order valence-corrected chi connectivity index (χ3v) is 5.95. The molecular weight excluding hydrogens is 376 g/mol. The van der Waals surface area contributed by atoms with E-state index in [0.29, 0.717) is 18.0 Å². The van der Waals surface area contributed by atoms with Gasteiger partial charge in [-0.25, -0.2) is 13.9 Å². The third-order valence-electron chi connectivity index (χ3n) is 4.24. The molecule has 0 aliphatic rings. The van der Waals surface area contributed by atoms with Crippen LogP contribution in [0.5, 0.6) is 0 Å². The second-order valence-electron chi connectivity index (χ2n) is 6.46. The van der Waals surface area contributed by atoms with E-state index in [9.17, 15) is 13.2 Å². The van der Waals surface area contributed by atoms with Gasteiger partial charge in [-0.1, -0.05) is 49.4 Å². The fourth-order valence-electron chi connectivity index (χ4n) is 2.78. The summed E-state index contributed by atoms with van der Waals surface area (Å²) in [5, 5.41) is 8.49. The Morgan fingerprint density at radius 2 is 1.75 bits per heavy atom. The lowest BCUT2D eigenvalue weighted by molar-refractivity contribution is -0.124. The summed E-state index contributed by atoms with van der Waals surface area (Å²) in [5.41, 5.74) is 3.44. The Morgan fingerprint density at radius 1 is 1.07 bits per heavy atom. The van der Waals surface area contributed by atoms with Crippen LogP contribution in [0.25, 0.3) is 6.08 Å². The van der Waals surface area contributed by atoms with Gasteiger partial charge in [-0.05, 0) is 42.3 Å². The first-order valence-electron chi connectivity index (χ1n) is 9.16. The lowest BCUT2D eigenvalue weighted by Gasteiger charge is -2.22. The van der Waals surface area contributed by atoms with Crippen molar-refractivity contribution in [1.29, 1.82) is 0 Å². The van der Waals surface area contributed by atoms with E-state index in [0.717, 1.165) is 24.1 Å². The van der Waals surface area contributed by atoms with Gasteiger partial charge >= 0.3 is 0 Å². The number of hydrogen-bond donors (Lipinski definition) is 2. The molecule has 0 saturated carbocycles. The highest BCUT2D eigenvalue weighted by Gasteiger charge is 2.16. The van der Waals surface area contributed by atoms with E-state index in [1.54, 1.807) is 41.9 Å². The molecule has 1 amide bonds. The van der Waals surface area contributed by atoms with Crippen LogP contribution in [0.1, 0.15) is 24.5 Å². The number of amides is 1. The average molecular weight is 403 g/mol. The molecule has 0 aromatic heterocycles. The SMILES string of the molecule is CCCN(CCS(=O)(=O)c1ccccc1)Cc1ccc(/C=C/C(=O)NO)cc1. The molecule has 6 nitrogen and oxygen atoms in total. The van der Waals surface area contributed by atoms with Gasteiger partial charge in [0.1, 0.15) is 0 Å². The van der Waals surface area contributed by atoms with Crippen LogP contribution in [0.4, 0.5) is 0 Å². The van der Waals surface area contributed by atoms with E-state index in [2.05, 4.69) is 11.8 Å². The molecule has 2 rings (SSSR count). The Labute approximate surface area is 166 Å². The van der Waals surface area contributed by atoms with Crippen molar-refractivity contribution in [1.82, 2.24) is 10.4 Å². The summed E-state index contributed by atoms with van der Waals surface area (Å²) >= 11 is 0. The fraction of sp³-hybridized carbons (Fsp3) is 0.286. The molecule has 0 bridgehead atoms. The molecule has 28 heavy (non-hydrogen) atoms. The zero-order valence-corrected chi connectivity index (χ0v) is 16.7. The molecule has 2 aromatic carbocycles. The molecule has 2 aromatic rings. The van der Waals surface area contributed by atoms with Gasteiger partial charge in [0.05, 0.1) is 10.6 Å². The zero-order valence-electron chi connectivity index (χ0n) is 15.9. The van der Waals surface area contributed by atoms with Crippen molar-refractivity contribution < 1.29 is 18.4 Å². The highest BCUT2D eigenvalue weighted by atomic mass is 32.2. The molecule has 150 valence electrons. The van der Waals surface area contributed by atoms with Crippen LogP contribution in [0, 0.1) is 0 Å². The van der Waals surface area contributed by atoms with E-state index < -0.39 is 15.7 Å². The summed E-state index contributed by atoms with van der Waals surface area (Å²) in [5.74, 6) is -0.508. The topological polar surface area (TPSA) is 86.7 Å². The largest absolute Gasteiger partial charge is 0.298 e. The monoisotopic (exact) mass is 402 g/mol. The number of rotatable bonds is 10. The number of hydroxylamine groups is 1. The van der Waals surface area contributed by atoms with E-state index in [-0.39, 0.29) is 5.75 Å². The van der Waals surface area contributed by atoms with Gasteiger partial charge in [0.2, 0.25) is 0 Å². The Hall–Kier alpha value is -2.48. The van der Waals surface area contributed by atoms with Crippen molar-refractivity contribution in [2.45, 2.75) is 24.8 Å². The second kappa shape index (κ2) is 10.8. The van der Waals surface area contributed by atoms with Gasteiger partial charge < -0.3 is 0 Å². The van der Waals surface area contributed by atoms with Crippen LogP contribution in [0.15, 0.2) is 65.6 Å². The van der Waals surface area contributed by atoms with Crippen LogP contribution >= 0.6 is 0 Å². The summed E-state index contributed by atoms with van der Waals surface area (Å²) in [6, 6.07) is 16.2. The number of carbonyl (C=O) groups is 1. The average Bonchev–Trinajstić information content (AvgIpc) is 2.72. The van der Waals surface area contributed by atoms with E-state index in [1.165, 1.54) is 6.08 Å². The molecule has 0 spiro atoms. The first-order chi connectivity index (χ1) is 13.4. The zero-order chi connectivity index (χ0) is 20.4. The molecule has 2 N–H and O–H groups in total.